The first-order valence-corrected chi connectivity index (χ1v) is 11.1. The van der Waals surface area contributed by atoms with Crippen molar-refractivity contribution in [3.05, 3.63) is 17.7 Å². The molecule has 180 valence electrons. The number of carbonyl (C=O) groups is 2. The summed E-state index contributed by atoms with van der Waals surface area (Å²) in [6.07, 6.45) is 1.61. The first-order chi connectivity index (χ1) is 15.1. The summed E-state index contributed by atoms with van der Waals surface area (Å²) in [6, 6.07) is 3.60. The van der Waals surface area contributed by atoms with Crippen molar-refractivity contribution in [2.24, 2.45) is 11.3 Å². The number of amides is 2. The Kier molecular flexibility index (Phi) is 9.19. The highest BCUT2D eigenvalue weighted by Gasteiger charge is 2.29. The van der Waals surface area contributed by atoms with E-state index in [4.69, 9.17) is 14.2 Å². The van der Waals surface area contributed by atoms with Crippen molar-refractivity contribution in [2.75, 3.05) is 61.6 Å². The number of benzene rings is 1. The lowest BCUT2D eigenvalue weighted by molar-refractivity contribution is -0.135. The second-order valence-electron chi connectivity index (χ2n) is 9.49. The molecule has 1 saturated heterocycles. The summed E-state index contributed by atoms with van der Waals surface area (Å²) >= 11 is 0. The molecule has 8 heteroatoms. The fraction of sp³-hybridized carbons (Fsp3) is 0.667. The van der Waals surface area contributed by atoms with E-state index < -0.39 is 0 Å². The number of hydrogen-bond donors (Lipinski definition) is 1. The summed E-state index contributed by atoms with van der Waals surface area (Å²) in [6.45, 7) is 7.02. The summed E-state index contributed by atoms with van der Waals surface area (Å²) in [5.74, 6) is 1.64. The van der Waals surface area contributed by atoms with E-state index in [1.54, 1.807) is 33.5 Å². The topological polar surface area (TPSA) is 80.3 Å². The lowest BCUT2D eigenvalue weighted by Crippen LogP contribution is -2.46. The van der Waals surface area contributed by atoms with Crippen LogP contribution in [0.2, 0.25) is 0 Å². The number of ether oxygens (including phenoxy) is 3. The van der Waals surface area contributed by atoms with E-state index in [1.807, 2.05) is 19.0 Å². The van der Waals surface area contributed by atoms with E-state index in [2.05, 4.69) is 24.1 Å². The molecule has 1 aromatic rings. The van der Waals surface area contributed by atoms with Crippen LogP contribution in [0.3, 0.4) is 0 Å². The van der Waals surface area contributed by atoms with Gasteiger partial charge >= 0.3 is 0 Å². The fourth-order valence-corrected chi connectivity index (χ4v) is 4.30. The Morgan fingerprint density at radius 1 is 1.06 bits per heavy atom. The van der Waals surface area contributed by atoms with Gasteiger partial charge in [0.15, 0.2) is 11.5 Å². The van der Waals surface area contributed by atoms with Gasteiger partial charge in [0.2, 0.25) is 17.6 Å². The largest absolute Gasteiger partial charge is 0.493 e. The van der Waals surface area contributed by atoms with E-state index in [9.17, 15) is 9.59 Å². The third-order valence-electron chi connectivity index (χ3n) is 5.78. The molecule has 8 nitrogen and oxygen atoms in total. The van der Waals surface area contributed by atoms with Gasteiger partial charge in [-0.05, 0) is 50.0 Å². The van der Waals surface area contributed by atoms with Crippen molar-refractivity contribution in [1.82, 2.24) is 15.1 Å². The standard InChI is InChI=1S/C24H39N3O5/c1-24(2,16-26(3)4)15-25-23(29)18-8-10-27(11-9-18)21(28)14-17-12-19(30-5)22(32-7)20(13-17)31-6/h12-13,18H,8-11,14-16H2,1-7H3,(H,25,29). The van der Waals surface area contributed by atoms with Gasteiger partial charge in [0.1, 0.15) is 0 Å². The van der Waals surface area contributed by atoms with Crippen LogP contribution >= 0.6 is 0 Å². The molecule has 0 bridgehead atoms. The number of hydrogen-bond acceptors (Lipinski definition) is 6. The van der Waals surface area contributed by atoms with Crippen LogP contribution in [0, 0.1) is 11.3 Å². The zero-order valence-electron chi connectivity index (χ0n) is 20.6. The third kappa shape index (κ3) is 7.02. The number of methoxy groups -OCH3 is 3. The van der Waals surface area contributed by atoms with Crippen molar-refractivity contribution < 1.29 is 23.8 Å². The fourth-order valence-electron chi connectivity index (χ4n) is 4.30. The third-order valence-corrected chi connectivity index (χ3v) is 5.78. The molecule has 0 saturated carbocycles. The van der Waals surface area contributed by atoms with E-state index in [0.29, 0.717) is 49.7 Å². The number of nitrogens with one attached hydrogen (secondary N) is 1. The molecule has 0 spiro atoms. The minimum atomic E-state index is -0.0459. The Morgan fingerprint density at radius 3 is 2.09 bits per heavy atom. The van der Waals surface area contributed by atoms with Crippen molar-refractivity contribution in [2.45, 2.75) is 33.1 Å². The molecule has 0 atom stereocenters. The minimum Gasteiger partial charge on any atom is -0.493 e. The molecule has 32 heavy (non-hydrogen) atoms. The maximum Gasteiger partial charge on any atom is 0.226 e. The van der Waals surface area contributed by atoms with Gasteiger partial charge < -0.3 is 29.3 Å². The van der Waals surface area contributed by atoms with E-state index in [1.165, 1.54) is 0 Å². The number of carbonyl (C=O) groups excluding carboxylic acids is 2. The van der Waals surface area contributed by atoms with Gasteiger partial charge in [-0.1, -0.05) is 13.8 Å². The monoisotopic (exact) mass is 449 g/mol. The maximum atomic E-state index is 12.9. The first kappa shape index (κ1) is 25.8. The maximum absolute atomic E-state index is 12.9. The Balaban J connectivity index is 1.89. The lowest BCUT2D eigenvalue weighted by atomic mass is 9.91. The van der Waals surface area contributed by atoms with Gasteiger partial charge in [-0.25, -0.2) is 0 Å². The van der Waals surface area contributed by atoms with Gasteiger partial charge in [-0.2, -0.15) is 0 Å². The van der Waals surface area contributed by atoms with Crippen LogP contribution in [0.15, 0.2) is 12.1 Å². The molecule has 2 amide bonds. The van der Waals surface area contributed by atoms with Crippen LogP contribution in [-0.4, -0.2) is 83.2 Å². The average molecular weight is 450 g/mol. The van der Waals surface area contributed by atoms with Crippen LogP contribution in [0.4, 0.5) is 0 Å². The van der Waals surface area contributed by atoms with Crippen molar-refractivity contribution in [1.29, 1.82) is 0 Å². The van der Waals surface area contributed by atoms with Gasteiger partial charge in [0, 0.05) is 32.1 Å². The van der Waals surface area contributed by atoms with Crippen molar-refractivity contribution >= 4 is 11.8 Å². The van der Waals surface area contributed by atoms with Crippen molar-refractivity contribution in [3.63, 3.8) is 0 Å². The van der Waals surface area contributed by atoms with Crippen LogP contribution in [0.1, 0.15) is 32.3 Å². The number of likely N-dealkylation sites (tertiary alicyclic amines) is 1. The normalized spacial score (nSPS) is 14.9. The average Bonchev–Trinajstić information content (AvgIpc) is 2.75. The molecule has 0 aliphatic carbocycles. The quantitative estimate of drug-likeness (QED) is 0.590. The summed E-state index contributed by atoms with van der Waals surface area (Å²) in [5.41, 5.74) is 0.809. The van der Waals surface area contributed by atoms with E-state index in [0.717, 1.165) is 12.1 Å². The van der Waals surface area contributed by atoms with Gasteiger partial charge in [0.05, 0.1) is 27.8 Å². The molecule has 1 fully saturated rings. The Morgan fingerprint density at radius 2 is 1.62 bits per heavy atom. The number of piperidine rings is 1. The molecule has 0 aromatic heterocycles. The smallest absolute Gasteiger partial charge is 0.226 e. The van der Waals surface area contributed by atoms with Crippen LogP contribution in [0.5, 0.6) is 17.2 Å². The lowest BCUT2D eigenvalue weighted by Gasteiger charge is -2.33. The van der Waals surface area contributed by atoms with Crippen molar-refractivity contribution in [3.8, 4) is 17.2 Å². The molecular weight excluding hydrogens is 410 g/mol. The molecule has 2 rings (SSSR count). The van der Waals surface area contributed by atoms with Gasteiger partial charge in [-0.15, -0.1) is 0 Å². The Labute approximate surface area is 192 Å². The highest BCUT2D eigenvalue weighted by molar-refractivity contribution is 5.81. The molecule has 0 unspecified atom stereocenters. The predicted octanol–water partition coefficient (Wildman–Crippen LogP) is 2.20. The molecule has 1 aliphatic heterocycles. The van der Waals surface area contributed by atoms with Gasteiger partial charge in [-0.3, -0.25) is 9.59 Å². The number of rotatable bonds is 10. The predicted molar refractivity (Wildman–Crippen MR) is 124 cm³/mol. The zero-order valence-corrected chi connectivity index (χ0v) is 20.6. The minimum absolute atomic E-state index is 0.0102. The Bertz CT molecular complexity index is 761. The molecular formula is C24H39N3O5. The Hall–Kier alpha value is -2.48. The van der Waals surface area contributed by atoms with Crippen LogP contribution in [0.25, 0.3) is 0 Å². The van der Waals surface area contributed by atoms with E-state index >= 15 is 0 Å². The summed E-state index contributed by atoms with van der Waals surface area (Å²) in [7, 11) is 8.73. The first-order valence-electron chi connectivity index (χ1n) is 11.1. The SMILES string of the molecule is COc1cc(CC(=O)N2CCC(C(=O)NCC(C)(C)CN(C)C)CC2)cc(OC)c1OC. The summed E-state index contributed by atoms with van der Waals surface area (Å²) in [4.78, 5) is 29.5. The van der Waals surface area contributed by atoms with Gasteiger partial charge in [0.25, 0.3) is 0 Å². The highest BCUT2D eigenvalue weighted by Crippen LogP contribution is 2.38. The van der Waals surface area contributed by atoms with Crippen LogP contribution in [-0.2, 0) is 16.0 Å². The van der Waals surface area contributed by atoms with E-state index in [-0.39, 0.29) is 29.6 Å². The second-order valence-corrected chi connectivity index (χ2v) is 9.49. The molecule has 1 heterocycles. The number of nitrogens with zero attached hydrogens (tertiary/aromatic N) is 2. The second kappa shape index (κ2) is 11.4. The zero-order chi connectivity index (χ0) is 23.9. The molecule has 1 aliphatic rings. The molecule has 1 aromatic carbocycles. The van der Waals surface area contributed by atoms with Crippen LogP contribution < -0.4 is 19.5 Å². The molecule has 1 N–H and O–H groups in total. The highest BCUT2D eigenvalue weighted by atomic mass is 16.5. The summed E-state index contributed by atoms with van der Waals surface area (Å²) in [5, 5.41) is 3.11. The summed E-state index contributed by atoms with van der Waals surface area (Å²) < 4.78 is 16.1. The molecule has 0 radical (unpaired) electrons.